The number of nitrogens with two attached hydrogens (primary N) is 1. The van der Waals surface area contributed by atoms with Crippen LogP contribution in [0.1, 0.15) is 12.3 Å². The number of anilines is 1. The first-order valence-electron chi connectivity index (χ1n) is 7.42. The number of nitrogens with zero attached hydrogens (tertiary/aromatic N) is 4. The van der Waals surface area contributed by atoms with Crippen molar-refractivity contribution in [3.8, 4) is 11.4 Å². The molecule has 0 bridgehead atoms. The molecule has 0 saturated carbocycles. The number of aromatic nitrogens is 3. The molecule has 1 aliphatic rings. The second-order valence-corrected chi connectivity index (χ2v) is 5.58. The van der Waals surface area contributed by atoms with Gasteiger partial charge in [-0.3, -0.25) is 0 Å². The van der Waals surface area contributed by atoms with Crippen molar-refractivity contribution < 1.29 is 4.52 Å². The third kappa shape index (κ3) is 4.94. The highest BCUT2D eigenvalue weighted by atomic mass is 35.5. The molecule has 0 aliphatic carbocycles. The first kappa shape index (κ1) is 20.9. The maximum Gasteiger partial charge on any atom is 0.227 e. The van der Waals surface area contributed by atoms with Gasteiger partial charge >= 0.3 is 0 Å². The molecule has 1 saturated heterocycles. The zero-order valence-corrected chi connectivity index (χ0v) is 15.5. The van der Waals surface area contributed by atoms with Crippen LogP contribution >= 0.6 is 36.4 Å². The van der Waals surface area contributed by atoms with E-state index in [2.05, 4.69) is 25.3 Å². The molecule has 0 spiro atoms. The Kier molecular flexibility index (Phi) is 8.72. The summed E-state index contributed by atoms with van der Waals surface area (Å²) in [5, 5.41) is 7.88. The Hall–Kier alpha value is -1.12. The Morgan fingerprint density at radius 2 is 2.04 bits per heavy atom. The van der Waals surface area contributed by atoms with Gasteiger partial charge in [-0.1, -0.05) is 16.8 Å². The zero-order valence-electron chi connectivity index (χ0n) is 13.1. The van der Waals surface area contributed by atoms with Crippen LogP contribution in [0.3, 0.4) is 0 Å². The average Bonchev–Trinajstić information content (AvgIpc) is 3.02. The Morgan fingerprint density at radius 3 is 2.71 bits per heavy atom. The third-order valence-corrected chi connectivity index (χ3v) is 3.84. The summed E-state index contributed by atoms with van der Waals surface area (Å²) in [6, 6.07) is 1.84. The van der Waals surface area contributed by atoms with E-state index in [1.54, 1.807) is 6.20 Å². The number of nitrogens with one attached hydrogen (secondary N) is 1. The fraction of sp³-hybridized carbons (Fsp3) is 0.500. The Labute approximate surface area is 158 Å². The summed E-state index contributed by atoms with van der Waals surface area (Å²) in [5.41, 5.74) is 6.23. The minimum atomic E-state index is 0. The van der Waals surface area contributed by atoms with E-state index in [4.69, 9.17) is 21.9 Å². The van der Waals surface area contributed by atoms with Gasteiger partial charge in [-0.25, -0.2) is 4.98 Å². The van der Waals surface area contributed by atoms with Crippen LogP contribution in [0.2, 0.25) is 5.02 Å². The highest BCUT2D eigenvalue weighted by Crippen LogP contribution is 2.28. The zero-order chi connectivity index (χ0) is 15.4. The largest absolute Gasteiger partial charge is 0.353 e. The van der Waals surface area contributed by atoms with E-state index in [9.17, 15) is 0 Å². The van der Waals surface area contributed by atoms with Gasteiger partial charge in [-0.15, -0.1) is 24.8 Å². The molecule has 2 aromatic rings. The maximum absolute atomic E-state index is 6.38. The molecule has 2 aromatic heterocycles. The number of halogens is 3. The quantitative estimate of drug-likeness (QED) is 0.799. The van der Waals surface area contributed by atoms with E-state index < -0.39 is 0 Å². The molecule has 0 amide bonds. The molecule has 10 heteroatoms. The maximum atomic E-state index is 6.38. The third-order valence-electron chi connectivity index (χ3n) is 3.56. The first-order valence-corrected chi connectivity index (χ1v) is 7.80. The fourth-order valence-corrected chi connectivity index (χ4v) is 2.68. The van der Waals surface area contributed by atoms with Crippen molar-refractivity contribution in [1.29, 1.82) is 0 Å². The summed E-state index contributed by atoms with van der Waals surface area (Å²) in [5.74, 6) is 1.90. The van der Waals surface area contributed by atoms with E-state index in [0.717, 1.165) is 44.0 Å². The van der Waals surface area contributed by atoms with Crippen molar-refractivity contribution in [3.63, 3.8) is 0 Å². The highest BCUT2D eigenvalue weighted by molar-refractivity contribution is 6.33. The highest BCUT2D eigenvalue weighted by Gasteiger charge is 2.17. The molecule has 0 aromatic carbocycles. The lowest BCUT2D eigenvalue weighted by molar-refractivity contribution is 0.376. The second kappa shape index (κ2) is 10.0. The molecule has 7 nitrogen and oxygen atoms in total. The smallest absolute Gasteiger partial charge is 0.227 e. The van der Waals surface area contributed by atoms with E-state index >= 15 is 0 Å². The Bertz CT molecular complexity index is 633. The monoisotopic (exact) mass is 394 g/mol. The van der Waals surface area contributed by atoms with Gasteiger partial charge in [0, 0.05) is 44.4 Å². The molecule has 3 rings (SSSR count). The van der Waals surface area contributed by atoms with Crippen LogP contribution in [-0.4, -0.2) is 47.8 Å². The van der Waals surface area contributed by atoms with Crippen LogP contribution in [-0.2, 0) is 6.42 Å². The number of aryl methyl sites for hydroxylation is 1. The fourth-order valence-electron chi connectivity index (χ4n) is 2.39. The minimum Gasteiger partial charge on any atom is -0.353 e. The van der Waals surface area contributed by atoms with Crippen molar-refractivity contribution >= 4 is 42.2 Å². The lowest BCUT2D eigenvalue weighted by Gasteiger charge is -2.29. The molecule has 0 atom stereocenters. The second-order valence-electron chi connectivity index (χ2n) is 5.17. The Balaban J connectivity index is 0.00000144. The van der Waals surface area contributed by atoms with Crippen molar-refractivity contribution in [3.05, 3.63) is 23.2 Å². The predicted molar refractivity (Wildman–Crippen MR) is 99.5 cm³/mol. The lowest BCUT2D eigenvalue weighted by atomic mass is 10.2. The standard InChI is InChI=1S/C14H19ClN6O.2ClH/c15-11-8-10(13-19-12(22-20-13)2-1-3-16)9-18-14(11)21-6-4-17-5-7-21;;/h8-9,17H,1-7,16H2;2*1H. The SMILES string of the molecule is Cl.Cl.NCCCc1nc(-c2cnc(N3CCNCC3)c(Cl)c2)no1. The molecular formula is C14H21Cl3N6O. The molecule has 24 heavy (non-hydrogen) atoms. The number of rotatable bonds is 5. The topological polar surface area (TPSA) is 93.1 Å². The molecule has 134 valence electrons. The number of piperazine rings is 1. The van der Waals surface area contributed by atoms with Crippen molar-refractivity contribution in [1.82, 2.24) is 20.4 Å². The van der Waals surface area contributed by atoms with E-state index in [1.165, 1.54) is 0 Å². The van der Waals surface area contributed by atoms with E-state index in [1.807, 2.05) is 6.07 Å². The van der Waals surface area contributed by atoms with Crippen LogP contribution in [0, 0.1) is 0 Å². The first-order chi connectivity index (χ1) is 10.8. The molecule has 0 unspecified atom stereocenters. The molecule has 0 radical (unpaired) electrons. The van der Waals surface area contributed by atoms with Crippen molar-refractivity contribution in [2.24, 2.45) is 5.73 Å². The van der Waals surface area contributed by atoms with Gasteiger partial charge in [-0.2, -0.15) is 4.98 Å². The van der Waals surface area contributed by atoms with Crippen LogP contribution in [0.15, 0.2) is 16.8 Å². The molecular weight excluding hydrogens is 375 g/mol. The van der Waals surface area contributed by atoms with Crippen LogP contribution in [0.5, 0.6) is 0 Å². The number of hydrogen-bond acceptors (Lipinski definition) is 7. The van der Waals surface area contributed by atoms with Gasteiger partial charge in [0.25, 0.3) is 0 Å². The molecule has 3 heterocycles. The van der Waals surface area contributed by atoms with Gasteiger partial charge in [0.15, 0.2) is 0 Å². The van der Waals surface area contributed by atoms with Crippen LogP contribution < -0.4 is 16.0 Å². The van der Waals surface area contributed by atoms with E-state index in [-0.39, 0.29) is 24.8 Å². The minimum absolute atomic E-state index is 0. The van der Waals surface area contributed by atoms with E-state index in [0.29, 0.717) is 29.7 Å². The lowest BCUT2D eigenvalue weighted by Crippen LogP contribution is -2.44. The van der Waals surface area contributed by atoms with Crippen LogP contribution in [0.25, 0.3) is 11.4 Å². The summed E-state index contributed by atoms with van der Waals surface area (Å²) in [6.45, 7) is 4.28. The number of hydrogen-bond donors (Lipinski definition) is 2. The number of pyridine rings is 1. The van der Waals surface area contributed by atoms with Crippen molar-refractivity contribution in [2.45, 2.75) is 12.8 Å². The summed E-state index contributed by atoms with van der Waals surface area (Å²) >= 11 is 6.38. The van der Waals surface area contributed by atoms with Gasteiger partial charge in [-0.05, 0) is 19.0 Å². The van der Waals surface area contributed by atoms with Crippen LogP contribution in [0.4, 0.5) is 5.82 Å². The summed E-state index contributed by atoms with van der Waals surface area (Å²) in [7, 11) is 0. The van der Waals surface area contributed by atoms with Gasteiger partial charge < -0.3 is 20.5 Å². The molecule has 1 aliphatic heterocycles. The van der Waals surface area contributed by atoms with Gasteiger partial charge in [0.1, 0.15) is 5.82 Å². The van der Waals surface area contributed by atoms with Crippen molar-refractivity contribution in [2.75, 3.05) is 37.6 Å². The van der Waals surface area contributed by atoms with Gasteiger partial charge in [0.05, 0.1) is 5.02 Å². The Morgan fingerprint density at radius 1 is 1.29 bits per heavy atom. The molecule has 1 fully saturated rings. The predicted octanol–water partition coefficient (Wildman–Crippen LogP) is 1.93. The molecule has 3 N–H and O–H groups in total. The van der Waals surface area contributed by atoms with Gasteiger partial charge in [0.2, 0.25) is 11.7 Å². The normalized spacial score (nSPS) is 14.0. The average molecular weight is 396 g/mol. The summed E-state index contributed by atoms with van der Waals surface area (Å²) in [6.07, 6.45) is 3.24. The summed E-state index contributed by atoms with van der Waals surface area (Å²) in [4.78, 5) is 11.0. The summed E-state index contributed by atoms with van der Waals surface area (Å²) < 4.78 is 5.20.